The quantitative estimate of drug-likeness (QED) is 0.582. The Balaban J connectivity index is 1.30. The van der Waals surface area contributed by atoms with Crippen molar-refractivity contribution < 1.29 is 18.0 Å². The van der Waals surface area contributed by atoms with Crippen LogP contribution < -0.4 is 0 Å². The molecule has 0 aromatic carbocycles. The summed E-state index contributed by atoms with van der Waals surface area (Å²) in [5, 5.41) is 0. The lowest BCUT2D eigenvalue weighted by Crippen LogP contribution is -2.42. The summed E-state index contributed by atoms with van der Waals surface area (Å²) in [5.74, 6) is 3.87. The topological polar surface area (TPSA) is 17.1 Å². The second kappa shape index (κ2) is 7.83. The van der Waals surface area contributed by atoms with Gasteiger partial charge in [0.25, 0.3) is 0 Å². The van der Waals surface area contributed by atoms with E-state index in [1.807, 2.05) is 0 Å². The van der Waals surface area contributed by atoms with Crippen LogP contribution in [0, 0.1) is 35.5 Å². The fraction of sp³-hybridized carbons (Fsp3) is 0.955. The van der Waals surface area contributed by atoms with Crippen molar-refractivity contribution in [2.24, 2.45) is 35.5 Å². The van der Waals surface area contributed by atoms with E-state index in [1.54, 1.807) is 0 Å². The van der Waals surface area contributed by atoms with Crippen LogP contribution >= 0.6 is 0 Å². The largest absolute Gasteiger partial charge is 0.300 e. The zero-order valence-corrected chi connectivity index (χ0v) is 15.7. The van der Waals surface area contributed by atoms with Gasteiger partial charge in [0.15, 0.2) is 6.17 Å². The van der Waals surface area contributed by atoms with Gasteiger partial charge < -0.3 is 0 Å². The SMILES string of the molecule is O=C1CCC(C2CCC3CC(C4CC(F)C(F)C(F)C4)CCC3C2)CC1. The van der Waals surface area contributed by atoms with E-state index in [2.05, 4.69) is 0 Å². The van der Waals surface area contributed by atoms with Crippen molar-refractivity contribution in [3.8, 4) is 0 Å². The van der Waals surface area contributed by atoms with Gasteiger partial charge in [0, 0.05) is 12.8 Å². The van der Waals surface area contributed by atoms with Crippen LogP contribution in [0.25, 0.3) is 0 Å². The van der Waals surface area contributed by atoms with Gasteiger partial charge in [-0.25, -0.2) is 13.2 Å². The summed E-state index contributed by atoms with van der Waals surface area (Å²) >= 11 is 0. The first-order valence-corrected chi connectivity index (χ1v) is 10.9. The molecule has 4 heteroatoms. The second-order valence-corrected chi connectivity index (χ2v) is 9.75. The molecule has 0 aromatic rings. The van der Waals surface area contributed by atoms with Gasteiger partial charge in [-0.3, -0.25) is 4.79 Å². The molecule has 0 aromatic heterocycles. The molecule has 0 spiro atoms. The van der Waals surface area contributed by atoms with E-state index in [9.17, 15) is 18.0 Å². The minimum atomic E-state index is -1.90. The van der Waals surface area contributed by atoms with Gasteiger partial charge in [-0.15, -0.1) is 0 Å². The number of ketones is 1. The van der Waals surface area contributed by atoms with Gasteiger partial charge >= 0.3 is 0 Å². The molecule has 0 amide bonds. The first kappa shape index (κ1) is 18.8. The van der Waals surface area contributed by atoms with E-state index in [4.69, 9.17) is 0 Å². The molecule has 4 saturated carbocycles. The van der Waals surface area contributed by atoms with Gasteiger partial charge in [0.1, 0.15) is 18.1 Å². The van der Waals surface area contributed by atoms with Crippen molar-refractivity contribution in [1.29, 1.82) is 0 Å². The predicted molar refractivity (Wildman–Crippen MR) is 96.0 cm³/mol. The van der Waals surface area contributed by atoms with Crippen LogP contribution in [0.3, 0.4) is 0 Å². The molecule has 0 aliphatic heterocycles. The number of hydrogen-bond acceptors (Lipinski definition) is 1. The van der Waals surface area contributed by atoms with Crippen LogP contribution in [0.5, 0.6) is 0 Å². The Hall–Kier alpha value is -0.540. The number of carbonyl (C=O) groups is 1. The smallest absolute Gasteiger partial charge is 0.162 e. The number of fused-ring (bicyclic) bond motifs is 1. The predicted octanol–water partition coefficient (Wildman–Crippen LogP) is 6.00. The van der Waals surface area contributed by atoms with Crippen LogP contribution in [-0.4, -0.2) is 24.3 Å². The van der Waals surface area contributed by atoms with Crippen LogP contribution in [0.1, 0.15) is 77.0 Å². The van der Waals surface area contributed by atoms with Crippen molar-refractivity contribution in [2.75, 3.05) is 0 Å². The summed E-state index contributed by atoms with van der Waals surface area (Å²) in [7, 11) is 0. The minimum absolute atomic E-state index is 0.0371. The minimum Gasteiger partial charge on any atom is -0.300 e. The highest BCUT2D eigenvalue weighted by molar-refractivity contribution is 5.79. The van der Waals surface area contributed by atoms with Crippen LogP contribution in [0.4, 0.5) is 13.2 Å². The molecule has 1 nitrogen and oxygen atoms in total. The molecule has 0 radical (unpaired) electrons. The molecular formula is C22H33F3O. The third-order valence-electron chi connectivity index (χ3n) is 8.36. The molecule has 4 fully saturated rings. The maximum Gasteiger partial charge on any atom is 0.162 e. The van der Waals surface area contributed by atoms with Crippen molar-refractivity contribution in [1.82, 2.24) is 0 Å². The molecule has 0 heterocycles. The molecule has 148 valence electrons. The highest BCUT2D eigenvalue weighted by Gasteiger charge is 2.45. The average molecular weight is 370 g/mol. The van der Waals surface area contributed by atoms with Gasteiger partial charge in [0.2, 0.25) is 0 Å². The molecule has 4 aliphatic carbocycles. The summed E-state index contributed by atoms with van der Waals surface area (Å²) < 4.78 is 41.1. The summed E-state index contributed by atoms with van der Waals surface area (Å²) in [4.78, 5) is 11.5. The lowest BCUT2D eigenvalue weighted by atomic mass is 9.59. The number of hydrogen-bond donors (Lipinski definition) is 0. The highest BCUT2D eigenvalue weighted by Crippen LogP contribution is 2.51. The molecule has 4 aliphatic rings. The molecule has 26 heavy (non-hydrogen) atoms. The Labute approximate surface area is 155 Å². The molecule has 0 N–H and O–H groups in total. The van der Waals surface area contributed by atoms with Gasteiger partial charge in [0.05, 0.1) is 0 Å². The highest BCUT2D eigenvalue weighted by atomic mass is 19.2. The number of carbonyl (C=O) groups excluding carboxylic acids is 1. The van der Waals surface area contributed by atoms with Gasteiger partial charge in [-0.05, 0) is 99.7 Å². The van der Waals surface area contributed by atoms with E-state index in [0.717, 1.165) is 56.3 Å². The van der Waals surface area contributed by atoms with Gasteiger partial charge in [-0.2, -0.15) is 0 Å². The Morgan fingerprint density at radius 1 is 0.538 bits per heavy atom. The first-order chi connectivity index (χ1) is 12.5. The zero-order chi connectivity index (χ0) is 18.3. The van der Waals surface area contributed by atoms with Crippen LogP contribution in [0.15, 0.2) is 0 Å². The lowest BCUT2D eigenvalue weighted by Gasteiger charge is -2.47. The molecule has 0 bridgehead atoms. The third-order valence-corrected chi connectivity index (χ3v) is 8.36. The second-order valence-electron chi connectivity index (χ2n) is 9.75. The van der Waals surface area contributed by atoms with Crippen LogP contribution in [-0.2, 0) is 4.79 Å². The zero-order valence-electron chi connectivity index (χ0n) is 15.7. The van der Waals surface area contributed by atoms with E-state index < -0.39 is 18.5 Å². The van der Waals surface area contributed by atoms with Crippen molar-refractivity contribution >= 4 is 5.78 Å². The number of rotatable bonds is 2. The van der Waals surface area contributed by atoms with E-state index in [-0.39, 0.29) is 18.8 Å². The third kappa shape index (κ3) is 3.85. The van der Waals surface area contributed by atoms with Crippen molar-refractivity contribution in [2.45, 2.75) is 95.6 Å². The first-order valence-electron chi connectivity index (χ1n) is 10.9. The standard InChI is InChI=1S/C22H33F3O/c23-20-11-18(12-21(24)22(20)25)17-4-3-15-9-14(1-2-16(15)10-17)13-5-7-19(26)8-6-13/h13-18,20-22H,1-12H2. The van der Waals surface area contributed by atoms with Crippen molar-refractivity contribution in [3.05, 3.63) is 0 Å². The normalized spacial score (nSPS) is 48.2. The van der Waals surface area contributed by atoms with E-state index in [1.165, 1.54) is 25.7 Å². The number of Topliss-reactive ketones (excluding diaryl/α,β-unsaturated/α-hetero) is 1. The Kier molecular flexibility index (Phi) is 5.66. The van der Waals surface area contributed by atoms with E-state index in [0.29, 0.717) is 17.6 Å². The molecular weight excluding hydrogens is 337 g/mol. The van der Waals surface area contributed by atoms with Gasteiger partial charge in [-0.1, -0.05) is 0 Å². The van der Waals surface area contributed by atoms with Crippen LogP contribution in [0.2, 0.25) is 0 Å². The number of halogens is 3. The lowest BCUT2D eigenvalue weighted by molar-refractivity contribution is -0.121. The summed E-state index contributed by atoms with van der Waals surface area (Å²) in [6, 6.07) is 0. The van der Waals surface area contributed by atoms with Crippen molar-refractivity contribution in [3.63, 3.8) is 0 Å². The number of alkyl halides is 3. The summed E-state index contributed by atoms with van der Waals surface area (Å²) in [6.45, 7) is 0. The molecule has 4 rings (SSSR count). The molecule has 6 unspecified atom stereocenters. The maximum atomic E-state index is 13.8. The Bertz CT molecular complexity index is 488. The fourth-order valence-corrected chi connectivity index (χ4v) is 6.80. The monoisotopic (exact) mass is 370 g/mol. The molecule has 6 atom stereocenters. The summed E-state index contributed by atoms with van der Waals surface area (Å²) in [5.41, 5.74) is 0. The Morgan fingerprint density at radius 2 is 0.962 bits per heavy atom. The average Bonchev–Trinajstić information content (AvgIpc) is 2.65. The fourth-order valence-electron chi connectivity index (χ4n) is 6.80. The maximum absolute atomic E-state index is 13.8. The summed E-state index contributed by atoms with van der Waals surface area (Å²) in [6.07, 6.45) is 6.23. The Morgan fingerprint density at radius 3 is 1.46 bits per heavy atom. The van der Waals surface area contributed by atoms with E-state index >= 15 is 0 Å². The molecule has 0 saturated heterocycles.